The number of carbonyl (C=O) groups excluding carboxylic acids is 1. The van der Waals surface area contributed by atoms with E-state index in [1.165, 1.54) is 6.42 Å². The fraction of sp³-hybridized carbons (Fsp3) is 0.600. The van der Waals surface area contributed by atoms with Gasteiger partial charge in [0.1, 0.15) is 0 Å². The van der Waals surface area contributed by atoms with E-state index in [1.54, 1.807) is 0 Å². The number of hydrogen-bond acceptors (Lipinski definition) is 4. The molecule has 26 heavy (non-hydrogen) atoms. The molecule has 2 aliphatic rings. The van der Waals surface area contributed by atoms with Gasteiger partial charge in [-0.05, 0) is 61.3 Å². The van der Waals surface area contributed by atoms with Crippen LogP contribution in [0.3, 0.4) is 0 Å². The topological polar surface area (TPSA) is 53.9 Å². The number of carbonyl (C=O) groups is 1. The molecule has 2 atom stereocenters. The summed E-state index contributed by atoms with van der Waals surface area (Å²) in [7, 11) is 0. The number of esters is 1. The molecule has 1 saturated carbocycles. The molecule has 1 saturated heterocycles. The molecule has 1 aromatic carbocycles. The molecule has 5 nitrogen and oxygen atoms in total. The SMILES string of the molecule is CCOC(=O)/C(=N\Nc1ccc(Br)cc1)N1CC2(C)CC1CC(C)(C)C2. The molecule has 0 aromatic heterocycles. The third-order valence-corrected chi connectivity index (χ3v) is 5.81. The lowest BCUT2D eigenvalue weighted by Gasteiger charge is -2.39. The van der Waals surface area contributed by atoms with E-state index in [-0.39, 0.29) is 16.8 Å². The zero-order valence-electron chi connectivity index (χ0n) is 16.0. The minimum absolute atomic E-state index is 0.220. The van der Waals surface area contributed by atoms with Crippen molar-refractivity contribution in [2.75, 3.05) is 18.6 Å². The summed E-state index contributed by atoms with van der Waals surface area (Å²) in [5.41, 5.74) is 4.37. The van der Waals surface area contributed by atoms with Crippen molar-refractivity contribution in [2.24, 2.45) is 15.9 Å². The summed E-state index contributed by atoms with van der Waals surface area (Å²) in [4.78, 5) is 14.8. The maximum Gasteiger partial charge on any atom is 0.376 e. The lowest BCUT2D eigenvalue weighted by molar-refractivity contribution is -0.136. The molecule has 1 aliphatic carbocycles. The number of halogens is 1. The highest BCUT2D eigenvalue weighted by molar-refractivity contribution is 9.10. The van der Waals surface area contributed by atoms with Crippen LogP contribution in [-0.2, 0) is 9.53 Å². The molecule has 142 valence electrons. The number of benzene rings is 1. The van der Waals surface area contributed by atoms with Gasteiger partial charge >= 0.3 is 5.97 Å². The highest BCUT2D eigenvalue weighted by Crippen LogP contribution is 2.52. The molecule has 0 radical (unpaired) electrons. The molecule has 1 heterocycles. The van der Waals surface area contributed by atoms with E-state index in [0.717, 1.165) is 29.5 Å². The van der Waals surface area contributed by atoms with E-state index in [4.69, 9.17) is 4.74 Å². The second-order valence-electron chi connectivity index (χ2n) is 8.62. The van der Waals surface area contributed by atoms with Gasteiger partial charge in [0.05, 0.1) is 12.3 Å². The second kappa shape index (κ2) is 7.22. The van der Waals surface area contributed by atoms with Crippen molar-refractivity contribution >= 4 is 33.4 Å². The summed E-state index contributed by atoms with van der Waals surface area (Å²) in [5, 5.41) is 4.47. The summed E-state index contributed by atoms with van der Waals surface area (Å²) in [5.74, 6) is 0.0345. The summed E-state index contributed by atoms with van der Waals surface area (Å²) < 4.78 is 6.30. The van der Waals surface area contributed by atoms with Crippen LogP contribution in [0.4, 0.5) is 5.69 Å². The quantitative estimate of drug-likeness (QED) is 0.334. The van der Waals surface area contributed by atoms with E-state index in [1.807, 2.05) is 31.2 Å². The third-order valence-electron chi connectivity index (χ3n) is 5.28. The van der Waals surface area contributed by atoms with Gasteiger partial charge in [0.15, 0.2) is 0 Å². The van der Waals surface area contributed by atoms with Crippen molar-refractivity contribution in [1.82, 2.24) is 4.90 Å². The molecular weight excluding hydrogens is 394 g/mol. The zero-order valence-corrected chi connectivity index (χ0v) is 17.6. The normalized spacial score (nSPS) is 27.3. The minimum Gasteiger partial charge on any atom is -0.460 e. The number of ether oxygens (including phenoxy) is 1. The van der Waals surface area contributed by atoms with Gasteiger partial charge < -0.3 is 9.64 Å². The number of hydrogen-bond donors (Lipinski definition) is 1. The Labute approximate surface area is 164 Å². The monoisotopic (exact) mass is 421 g/mol. The van der Waals surface area contributed by atoms with Gasteiger partial charge in [0.25, 0.3) is 0 Å². The van der Waals surface area contributed by atoms with E-state index in [9.17, 15) is 4.79 Å². The Kier molecular flexibility index (Phi) is 5.33. The molecule has 2 fully saturated rings. The van der Waals surface area contributed by atoms with Gasteiger partial charge in [0, 0.05) is 17.1 Å². The van der Waals surface area contributed by atoms with E-state index in [2.05, 4.69) is 52.1 Å². The number of hydrazone groups is 1. The molecule has 1 aliphatic heterocycles. The minimum atomic E-state index is -0.355. The Bertz CT molecular complexity index is 702. The highest BCUT2D eigenvalue weighted by atomic mass is 79.9. The summed E-state index contributed by atoms with van der Waals surface area (Å²) >= 11 is 3.42. The van der Waals surface area contributed by atoms with Gasteiger partial charge in [-0.3, -0.25) is 5.43 Å². The van der Waals surface area contributed by atoms with Crippen LogP contribution in [0, 0.1) is 10.8 Å². The van der Waals surface area contributed by atoms with Gasteiger partial charge in [-0.2, -0.15) is 0 Å². The number of fused-ring (bicyclic) bond motifs is 2. The molecule has 0 spiro atoms. The number of anilines is 1. The van der Waals surface area contributed by atoms with Gasteiger partial charge in [-0.25, -0.2) is 4.79 Å². The Morgan fingerprint density at radius 2 is 2.00 bits per heavy atom. The Hall–Kier alpha value is -1.56. The Morgan fingerprint density at radius 3 is 2.65 bits per heavy atom. The smallest absolute Gasteiger partial charge is 0.376 e. The number of nitrogens with one attached hydrogen (secondary N) is 1. The van der Waals surface area contributed by atoms with Crippen molar-refractivity contribution in [2.45, 2.75) is 53.0 Å². The van der Waals surface area contributed by atoms with Crippen molar-refractivity contribution in [3.8, 4) is 0 Å². The Balaban J connectivity index is 1.86. The first-order chi connectivity index (χ1) is 12.2. The lowest BCUT2D eigenvalue weighted by Crippen LogP contribution is -2.42. The summed E-state index contributed by atoms with van der Waals surface area (Å²) in [6, 6.07) is 8.05. The molecule has 2 unspecified atom stereocenters. The molecule has 1 N–H and O–H groups in total. The van der Waals surface area contributed by atoms with Gasteiger partial charge in [0.2, 0.25) is 5.84 Å². The first-order valence-corrected chi connectivity index (χ1v) is 10.0. The standard InChI is InChI=1S/C20H28BrN3O2/c1-5-26-18(25)17(23-22-15-8-6-14(21)7-9-15)24-13-20(4)11-16(24)10-19(2,3)12-20/h6-9,16,22H,5,10-13H2,1-4H3/b23-17+. The van der Waals surface area contributed by atoms with Gasteiger partial charge in [-0.1, -0.05) is 36.7 Å². The molecule has 3 rings (SSSR count). The number of amidine groups is 1. The van der Waals surface area contributed by atoms with Crippen molar-refractivity contribution in [1.29, 1.82) is 0 Å². The first-order valence-electron chi connectivity index (χ1n) is 9.24. The Morgan fingerprint density at radius 1 is 1.31 bits per heavy atom. The average molecular weight is 422 g/mol. The summed E-state index contributed by atoms with van der Waals surface area (Å²) in [6.07, 6.45) is 3.34. The molecule has 1 aromatic rings. The van der Waals surface area contributed by atoms with Crippen molar-refractivity contribution in [3.63, 3.8) is 0 Å². The van der Waals surface area contributed by atoms with Crippen molar-refractivity contribution in [3.05, 3.63) is 28.7 Å². The van der Waals surface area contributed by atoms with E-state index < -0.39 is 0 Å². The van der Waals surface area contributed by atoms with Crippen LogP contribution < -0.4 is 5.43 Å². The van der Waals surface area contributed by atoms with Crippen LogP contribution in [0.1, 0.15) is 47.0 Å². The fourth-order valence-electron chi connectivity index (χ4n) is 4.77. The molecule has 6 heteroatoms. The second-order valence-corrected chi connectivity index (χ2v) is 9.53. The van der Waals surface area contributed by atoms with Crippen LogP contribution in [0.2, 0.25) is 0 Å². The predicted octanol–water partition coefficient (Wildman–Crippen LogP) is 4.64. The van der Waals surface area contributed by atoms with Crippen LogP contribution >= 0.6 is 15.9 Å². The van der Waals surface area contributed by atoms with Crippen LogP contribution in [0.5, 0.6) is 0 Å². The van der Waals surface area contributed by atoms with Crippen molar-refractivity contribution < 1.29 is 9.53 Å². The highest BCUT2D eigenvalue weighted by Gasteiger charge is 2.51. The number of likely N-dealkylation sites (tertiary alicyclic amines) is 1. The third kappa shape index (κ3) is 4.22. The maximum atomic E-state index is 12.6. The molecule has 0 amide bonds. The van der Waals surface area contributed by atoms with E-state index in [0.29, 0.717) is 18.5 Å². The number of rotatable bonds is 3. The lowest BCUT2D eigenvalue weighted by atomic mass is 9.65. The van der Waals surface area contributed by atoms with Crippen LogP contribution in [0.15, 0.2) is 33.8 Å². The van der Waals surface area contributed by atoms with Gasteiger partial charge in [-0.15, -0.1) is 5.10 Å². The molecule has 2 bridgehead atoms. The zero-order chi connectivity index (χ0) is 18.9. The predicted molar refractivity (Wildman–Crippen MR) is 108 cm³/mol. The van der Waals surface area contributed by atoms with E-state index >= 15 is 0 Å². The summed E-state index contributed by atoms with van der Waals surface area (Å²) in [6.45, 7) is 9.98. The first kappa shape index (κ1) is 19.2. The van der Waals surface area contributed by atoms with Crippen LogP contribution in [-0.4, -0.2) is 35.9 Å². The van der Waals surface area contributed by atoms with Crippen LogP contribution in [0.25, 0.3) is 0 Å². The molecular formula is C20H28BrN3O2. The average Bonchev–Trinajstić information content (AvgIpc) is 2.78. The number of nitrogens with zero attached hydrogens (tertiary/aromatic N) is 2. The largest absolute Gasteiger partial charge is 0.460 e. The fourth-order valence-corrected chi connectivity index (χ4v) is 5.04. The maximum absolute atomic E-state index is 12.6.